The summed E-state index contributed by atoms with van der Waals surface area (Å²) in [5.74, 6) is -3.50. The Kier molecular flexibility index (Phi) is 14.2. The van der Waals surface area contributed by atoms with Gasteiger partial charge in [-0.3, -0.25) is 9.69 Å². The molecule has 15 atom stereocenters. The molecule has 6 aliphatic rings. The number of aliphatic hydroxyl groups excluding tert-OH is 2. The van der Waals surface area contributed by atoms with Crippen molar-refractivity contribution in [2.75, 3.05) is 48.1 Å². The molecule has 0 aromatic heterocycles. The molecule has 7 rings (SSSR count). The van der Waals surface area contributed by atoms with Crippen molar-refractivity contribution >= 4 is 11.9 Å². The zero-order valence-electron chi connectivity index (χ0n) is 37.0. The predicted octanol–water partition coefficient (Wildman–Crippen LogP) is 5.89. The topological polar surface area (TPSA) is 153 Å². The largest absolute Gasteiger partial charge is 0.455 e. The van der Waals surface area contributed by atoms with E-state index in [1.807, 2.05) is 6.07 Å². The summed E-state index contributed by atoms with van der Waals surface area (Å²) in [6, 6.07) is 8.30. The predicted molar refractivity (Wildman–Crippen MR) is 225 cm³/mol. The molecule has 0 amide bonds. The molecule has 7 bridgehead atoms. The van der Waals surface area contributed by atoms with Crippen LogP contribution in [0.5, 0.6) is 0 Å². The summed E-state index contributed by atoms with van der Waals surface area (Å²) < 4.78 is 38.7. The maximum Gasteiger partial charge on any atom is 0.338 e. The fraction of sp³-hybridized carbons (Fsp3) is 0.792. The van der Waals surface area contributed by atoms with Crippen molar-refractivity contribution in [1.29, 1.82) is 0 Å². The van der Waals surface area contributed by atoms with Crippen LogP contribution in [0, 0.1) is 34.5 Å². The molecule has 0 radical (unpaired) electrons. The van der Waals surface area contributed by atoms with E-state index < -0.39 is 88.3 Å². The molecule has 5 aliphatic carbocycles. The number of methoxy groups -OCH3 is 4. The first kappa shape index (κ1) is 45.6. The van der Waals surface area contributed by atoms with Gasteiger partial charge in [0.25, 0.3) is 0 Å². The SMILES string of the molecule is CCCCCC/C=C\CCCCCCCC(=O)O[C@]12[C@H]3[C@@H](OC(=O)c4ccccc4)[C@](O)(C[C@H]3[C@@]34C5[C@@H]1[C@H](OC)[C@@H]3[C@](COC)(CN5CC)[C@H](O)C[C@@H]4OC)[C@@H](OC)[C@@H]2O. The molecule has 1 unspecified atom stereocenters. The molecule has 1 aromatic rings. The zero-order valence-corrected chi connectivity index (χ0v) is 37.0. The standard InChI is InChI=1S/C48H73NO11/c1-7-9-10-11-12-13-14-15-16-17-18-19-23-26-35(51)60-48-36-32(28-46(54,43(58-6)41(48)52)42(36)59-44(53)31-24-21-20-22-25-31)47-34(56-4)27-33(50)45(30-55-3)29-49(8-2)40(47)37(48)38(57-5)39(45)47/h13-14,20-22,24-25,32-34,36-43,50,52,54H,7-12,15-19,23,26-30H2,1-6H3/b14-13-/t32-,33-,34+,36-,37+,38+,39-,40?,41+,42-,43+,45+,46-,47+,48-/m1/s1. The van der Waals surface area contributed by atoms with Crippen LogP contribution in [0.15, 0.2) is 42.5 Å². The summed E-state index contributed by atoms with van der Waals surface area (Å²) in [4.78, 5) is 31.0. The van der Waals surface area contributed by atoms with Crippen LogP contribution < -0.4 is 0 Å². The Bertz CT molecular complexity index is 1640. The minimum absolute atomic E-state index is 0.0834. The third-order valence-corrected chi connectivity index (χ3v) is 16.3. The maximum atomic E-state index is 14.5. The minimum Gasteiger partial charge on any atom is -0.455 e. The van der Waals surface area contributed by atoms with Gasteiger partial charge in [-0.1, -0.05) is 82.7 Å². The number of benzene rings is 1. The molecule has 1 heterocycles. The highest BCUT2D eigenvalue weighted by Crippen LogP contribution is 2.80. The molecule has 1 aliphatic heterocycles. The average Bonchev–Trinajstić information content (AvgIpc) is 3.62. The van der Waals surface area contributed by atoms with Crippen LogP contribution in [-0.2, 0) is 33.2 Å². The van der Waals surface area contributed by atoms with E-state index in [4.69, 9.17) is 28.4 Å². The Labute approximate surface area is 357 Å². The van der Waals surface area contributed by atoms with Crippen molar-refractivity contribution < 1.29 is 53.3 Å². The van der Waals surface area contributed by atoms with Crippen LogP contribution in [0.2, 0.25) is 0 Å². The van der Waals surface area contributed by atoms with E-state index in [1.54, 1.807) is 45.6 Å². The molecule has 6 fully saturated rings. The monoisotopic (exact) mass is 840 g/mol. The summed E-state index contributed by atoms with van der Waals surface area (Å²) in [6.07, 6.45) is 11.2. The van der Waals surface area contributed by atoms with E-state index in [1.165, 1.54) is 32.8 Å². The number of aliphatic hydroxyl groups is 3. The van der Waals surface area contributed by atoms with Gasteiger partial charge in [-0.05, 0) is 63.1 Å². The average molecular weight is 840 g/mol. The van der Waals surface area contributed by atoms with E-state index in [-0.39, 0.29) is 31.4 Å². The number of nitrogens with zero attached hydrogens (tertiary/aromatic N) is 1. The summed E-state index contributed by atoms with van der Waals surface area (Å²) in [5, 5.41) is 38.3. The molecule has 12 nitrogen and oxygen atoms in total. The van der Waals surface area contributed by atoms with Gasteiger partial charge in [-0.15, -0.1) is 0 Å². The summed E-state index contributed by atoms with van der Waals surface area (Å²) in [7, 11) is 6.40. The van der Waals surface area contributed by atoms with Crippen LogP contribution in [0.25, 0.3) is 0 Å². The fourth-order valence-corrected chi connectivity index (χ4v) is 14.3. The number of unbranched alkanes of at least 4 members (excludes halogenated alkanes) is 9. The lowest BCUT2D eigenvalue weighted by Crippen LogP contribution is -2.81. The van der Waals surface area contributed by atoms with Crippen molar-refractivity contribution in [3.05, 3.63) is 48.0 Å². The number of likely N-dealkylation sites (tertiary alicyclic amines) is 1. The minimum atomic E-state index is -1.85. The van der Waals surface area contributed by atoms with Gasteiger partial charge in [-0.25, -0.2) is 4.79 Å². The second kappa shape index (κ2) is 18.7. The van der Waals surface area contributed by atoms with E-state index in [9.17, 15) is 24.9 Å². The number of hydrogen-bond acceptors (Lipinski definition) is 12. The third-order valence-electron chi connectivity index (χ3n) is 16.3. The molecule has 12 heteroatoms. The Hall–Kier alpha value is -2.42. The van der Waals surface area contributed by atoms with Gasteiger partial charge in [0.1, 0.15) is 23.9 Å². The van der Waals surface area contributed by atoms with E-state index in [0.29, 0.717) is 31.5 Å². The number of allylic oxidation sites excluding steroid dienone is 2. The van der Waals surface area contributed by atoms with Crippen LogP contribution in [0.4, 0.5) is 0 Å². The smallest absolute Gasteiger partial charge is 0.338 e. The molecule has 5 saturated carbocycles. The summed E-state index contributed by atoms with van der Waals surface area (Å²) in [5.41, 5.74) is -4.85. The molecule has 1 aromatic carbocycles. The van der Waals surface area contributed by atoms with Crippen molar-refractivity contribution in [2.45, 2.75) is 158 Å². The first-order chi connectivity index (χ1) is 29.0. The number of fused-ring (bicyclic) bond motifs is 2. The summed E-state index contributed by atoms with van der Waals surface area (Å²) >= 11 is 0. The molecule has 3 N–H and O–H groups in total. The van der Waals surface area contributed by atoms with Gasteiger partial charge >= 0.3 is 11.9 Å². The number of carbonyl (C=O) groups excluding carboxylic acids is 2. The van der Waals surface area contributed by atoms with Crippen molar-refractivity contribution in [3.8, 4) is 0 Å². The van der Waals surface area contributed by atoms with E-state index >= 15 is 0 Å². The highest BCUT2D eigenvalue weighted by Gasteiger charge is 2.92. The summed E-state index contributed by atoms with van der Waals surface area (Å²) in [6.45, 7) is 5.65. The third kappa shape index (κ3) is 7.02. The van der Waals surface area contributed by atoms with Crippen molar-refractivity contribution in [2.24, 2.45) is 34.5 Å². The van der Waals surface area contributed by atoms with Crippen LogP contribution in [0.3, 0.4) is 0 Å². The van der Waals surface area contributed by atoms with Gasteiger partial charge in [-0.2, -0.15) is 0 Å². The lowest BCUT2D eigenvalue weighted by molar-refractivity contribution is -0.323. The van der Waals surface area contributed by atoms with Gasteiger partial charge in [0.05, 0.1) is 30.5 Å². The van der Waals surface area contributed by atoms with Gasteiger partial charge < -0.3 is 43.7 Å². The van der Waals surface area contributed by atoms with E-state index in [0.717, 1.165) is 38.5 Å². The van der Waals surface area contributed by atoms with Gasteiger partial charge in [0.15, 0.2) is 5.60 Å². The maximum absolute atomic E-state index is 14.5. The highest BCUT2D eigenvalue weighted by molar-refractivity contribution is 5.89. The Morgan fingerprint density at radius 3 is 2.17 bits per heavy atom. The number of esters is 2. The lowest BCUT2D eigenvalue weighted by atomic mass is 9.42. The number of ether oxygens (including phenoxy) is 6. The second-order valence-electron chi connectivity index (χ2n) is 18.9. The molecular formula is C48H73NO11. The van der Waals surface area contributed by atoms with Gasteiger partial charge in [0.2, 0.25) is 0 Å². The fourth-order valence-electron chi connectivity index (χ4n) is 14.3. The van der Waals surface area contributed by atoms with Gasteiger partial charge in [0, 0.05) is 82.5 Å². The number of hydrogen-bond donors (Lipinski definition) is 3. The normalized spacial score (nSPS) is 41.2. The molecule has 1 saturated heterocycles. The Morgan fingerprint density at radius 1 is 0.850 bits per heavy atom. The highest BCUT2D eigenvalue weighted by atomic mass is 16.6. The second-order valence-corrected chi connectivity index (χ2v) is 18.9. The lowest BCUT2D eigenvalue weighted by Gasteiger charge is -2.70. The Balaban J connectivity index is 1.24. The quantitative estimate of drug-likeness (QED) is 0.0726. The number of piperidine rings is 1. The van der Waals surface area contributed by atoms with E-state index in [2.05, 4.69) is 30.9 Å². The molecular weight excluding hydrogens is 767 g/mol. The van der Waals surface area contributed by atoms with Crippen molar-refractivity contribution in [1.82, 2.24) is 4.90 Å². The number of carbonyl (C=O) groups is 2. The first-order valence-corrected chi connectivity index (χ1v) is 23.1. The van der Waals surface area contributed by atoms with Crippen molar-refractivity contribution in [3.63, 3.8) is 0 Å². The van der Waals surface area contributed by atoms with Crippen LogP contribution in [0.1, 0.15) is 114 Å². The zero-order chi connectivity index (χ0) is 42.9. The number of rotatable bonds is 22. The van der Waals surface area contributed by atoms with Crippen LogP contribution in [-0.4, -0.2) is 134 Å². The molecule has 60 heavy (non-hydrogen) atoms. The first-order valence-electron chi connectivity index (χ1n) is 23.1. The molecule has 1 spiro atoms. The Morgan fingerprint density at radius 2 is 1.53 bits per heavy atom. The molecule has 336 valence electrons. The van der Waals surface area contributed by atoms with Crippen LogP contribution >= 0.6 is 0 Å².